The first-order chi connectivity index (χ1) is 7.11. The summed E-state index contributed by atoms with van der Waals surface area (Å²) in [5, 5.41) is 3.63. The molecule has 2 atom stereocenters. The molecule has 1 aliphatic heterocycles. The molecule has 0 bridgehead atoms. The van der Waals surface area contributed by atoms with Crippen molar-refractivity contribution in [3.05, 3.63) is 0 Å². The third kappa shape index (κ3) is 4.98. The highest BCUT2D eigenvalue weighted by molar-refractivity contribution is 4.82. The van der Waals surface area contributed by atoms with Crippen LogP contribution >= 0.6 is 0 Å². The minimum absolute atomic E-state index is 0.629. The molecular formula is C13H28N2. The first kappa shape index (κ1) is 13.0. The van der Waals surface area contributed by atoms with Crippen LogP contribution in [0.4, 0.5) is 0 Å². The van der Waals surface area contributed by atoms with E-state index in [1.54, 1.807) is 0 Å². The van der Waals surface area contributed by atoms with Crippen LogP contribution in [0.3, 0.4) is 0 Å². The van der Waals surface area contributed by atoms with Gasteiger partial charge in [-0.15, -0.1) is 0 Å². The van der Waals surface area contributed by atoms with E-state index in [2.05, 4.69) is 37.9 Å². The van der Waals surface area contributed by atoms with E-state index >= 15 is 0 Å². The fraction of sp³-hybridized carbons (Fsp3) is 1.00. The molecule has 1 N–H and O–H groups in total. The van der Waals surface area contributed by atoms with E-state index in [0.717, 1.165) is 12.0 Å². The maximum absolute atomic E-state index is 3.63. The van der Waals surface area contributed by atoms with Gasteiger partial charge in [-0.1, -0.05) is 34.1 Å². The zero-order valence-electron chi connectivity index (χ0n) is 10.9. The van der Waals surface area contributed by atoms with Gasteiger partial charge in [-0.3, -0.25) is 0 Å². The van der Waals surface area contributed by atoms with E-state index in [1.165, 1.54) is 38.9 Å². The number of nitrogens with one attached hydrogen (secondary N) is 1. The van der Waals surface area contributed by atoms with Crippen molar-refractivity contribution in [1.82, 2.24) is 10.2 Å². The van der Waals surface area contributed by atoms with Gasteiger partial charge in [0.2, 0.25) is 0 Å². The normalized spacial score (nSPS) is 25.0. The van der Waals surface area contributed by atoms with Gasteiger partial charge in [-0.25, -0.2) is 0 Å². The predicted molar refractivity (Wildman–Crippen MR) is 67.2 cm³/mol. The standard InChI is InChI=1S/C13H28N2/c1-5-12(4)6-8-15-9-7-13(10-15)14-11(2)3/h11-14H,5-10H2,1-4H3/t12?,13-/m0/s1. The third-order valence-corrected chi connectivity index (χ3v) is 3.48. The van der Waals surface area contributed by atoms with Crippen LogP contribution in [0.2, 0.25) is 0 Å². The van der Waals surface area contributed by atoms with Crippen LogP contribution in [0.15, 0.2) is 0 Å². The Balaban J connectivity index is 2.13. The predicted octanol–water partition coefficient (Wildman–Crippen LogP) is 2.49. The average Bonchev–Trinajstić information content (AvgIpc) is 2.61. The average molecular weight is 212 g/mol. The van der Waals surface area contributed by atoms with Crippen molar-refractivity contribution in [2.24, 2.45) is 5.92 Å². The Morgan fingerprint density at radius 2 is 2.07 bits per heavy atom. The molecule has 0 aliphatic carbocycles. The first-order valence-corrected chi connectivity index (χ1v) is 6.60. The molecule has 15 heavy (non-hydrogen) atoms. The van der Waals surface area contributed by atoms with Gasteiger partial charge < -0.3 is 10.2 Å². The Morgan fingerprint density at radius 1 is 1.33 bits per heavy atom. The van der Waals surface area contributed by atoms with Crippen molar-refractivity contribution < 1.29 is 0 Å². The fourth-order valence-corrected chi connectivity index (χ4v) is 2.25. The maximum Gasteiger partial charge on any atom is 0.0209 e. The van der Waals surface area contributed by atoms with Crippen LogP contribution < -0.4 is 5.32 Å². The highest BCUT2D eigenvalue weighted by atomic mass is 15.2. The summed E-state index contributed by atoms with van der Waals surface area (Å²) in [5.74, 6) is 0.891. The molecule has 90 valence electrons. The first-order valence-electron chi connectivity index (χ1n) is 6.60. The number of hydrogen-bond donors (Lipinski definition) is 1. The molecule has 1 rings (SSSR count). The molecule has 2 heteroatoms. The van der Waals surface area contributed by atoms with Crippen molar-refractivity contribution in [3.8, 4) is 0 Å². The number of likely N-dealkylation sites (tertiary alicyclic amines) is 1. The summed E-state index contributed by atoms with van der Waals surface area (Å²) in [4.78, 5) is 2.62. The molecule has 0 amide bonds. The van der Waals surface area contributed by atoms with Crippen molar-refractivity contribution in [2.75, 3.05) is 19.6 Å². The zero-order chi connectivity index (χ0) is 11.3. The third-order valence-electron chi connectivity index (χ3n) is 3.48. The van der Waals surface area contributed by atoms with E-state index < -0.39 is 0 Å². The van der Waals surface area contributed by atoms with Crippen molar-refractivity contribution in [3.63, 3.8) is 0 Å². The topological polar surface area (TPSA) is 15.3 Å². The molecular weight excluding hydrogens is 184 g/mol. The molecule has 0 saturated carbocycles. The van der Waals surface area contributed by atoms with Crippen molar-refractivity contribution in [1.29, 1.82) is 0 Å². The lowest BCUT2D eigenvalue weighted by atomic mass is 10.1. The van der Waals surface area contributed by atoms with Crippen LogP contribution in [0.25, 0.3) is 0 Å². The summed E-state index contributed by atoms with van der Waals surface area (Å²) in [7, 11) is 0. The minimum atomic E-state index is 0.629. The van der Waals surface area contributed by atoms with Gasteiger partial charge in [0.1, 0.15) is 0 Å². The van der Waals surface area contributed by atoms with Crippen LogP contribution in [0, 0.1) is 5.92 Å². The summed E-state index contributed by atoms with van der Waals surface area (Å²) < 4.78 is 0. The van der Waals surface area contributed by atoms with Crippen LogP contribution in [0.5, 0.6) is 0 Å². The quantitative estimate of drug-likeness (QED) is 0.728. The minimum Gasteiger partial charge on any atom is -0.310 e. The van der Waals surface area contributed by atoms with Crippen LogP contribution in [-0.2, 0) is 0 Å². The fourth-order valence-electron chi connectivity index (χ4n) is 2.25. The second kappa shape index (κ2) is 6.49. The van der Waals surface area contributed by atoms with E-state index in [0.29, 0.717) is 6.04 Å². The molecule has 0 aromatic carbocycles. The number of nitrogens with zero attached hydrogens (tertiary/aromatic N) is 1. The van der Waals surface area contributed by atoms with Gasteiger partial charge in [0.05, 0.1) is 0 Å². The van der Waals surface area contributed by atoms with Crippen LogP contribution in [0.1, 0.15) is 47.0 Å². The molecule has 0 aromatic rings. The summed E-state index contributed by atoms with van der Waals surface area (Å²) in [6, 6.07) is 1.37. The molecule has 1 fully saturated rings. The van der Waals surface area contributed by atoms with Crippen LogP contribution in [-0.4, -0.2) is 36.6 Å². The van der Waals surface area contributed by atoms with Crippen molar-refractivity contribution in [2.45, 2.75) is 59.0 Å². The number of rotatable bonds is 6. The Morgan fingerprint density at radius 3 is 2.67 bits per heavy atom. The molecule has 0 radical (unpaired) electrons. The maximum atomic E-state index is 3.63. The molecule has 0 aromatic heterocycles. The Bertz CT molecular complexity index is 168. The number of hydrogen-bond acceptors (Lipinski definition) is 2. The zero-order valence-corrected chi connectivity index (χ0v) is 10.9. The largest absolute Gasteiger partial charge is 0.310 e. The molecule has 2 nitrogen and oxygen atoms in total. The van der Waals surface area contributed by atoms with E-state index in [-0.39, 0.29) is 0 Å². The summed E-state index contributed by atoms with van der Waals surface area (Å²) in [6.07, 6.45) is 4.02. The smallest absolute Gasteiger partial charge is 0.0209 e. The summed E-state index contributed by atoms with van der Waals surface area (Å²) >= 11 is 0. The molecule has 1 heterocycles. The SMILES string of the molecule is CCC(C)CCN1CC[C@H](NC(C)C)C1. The Hall–Kier alpha value is -0.0800. The van der Waals surface area contributed by atoms with Gasteiger partial charge in [0.25, 0.3) is 0 Å². The molecule has 1 saturated heterocycles. The Kier molecular flexibility index (Phi) is 5.62. The highest BCUT2D eigenvalue weighted by Gasteiger charge is 2.22. The Labute approximate surface area is 95.4 Å². The van der Waals surface area contributed by atoms with Gasteiger partial charge in [0, 0.05) is 18.6 Å². The summed E-state index contributed by atoms with van der Waals surface area (Å²) in [5.41, 5.74) is 0. The monoisotopic (exact) mass is 212 g/mol. The lowest BCUT2D eigenvalue weighted by molar-refractivity contribution is 0.296. The second-order valence-corrected chi connectivity index (χ2v) is 5.41. The molecule has 1 aliphatic rings. The summed E-state index contributed by atoms with van der Waals surface area (Å²) in [6.45, 7) is 13.0. The molecule has 1 unspecified atom stereocenters. The molecule has 0 spiro atoms. The lowest BCUT2D eigenvalue weighted by Gasteiger charge is -2.19. The van der Waals surface area contributed by atoms with E-state index in [4.69, 9.17) is 0 Å². The highest BCUT2D eigenvalue weighted by Crippen LogP contribution is 2.13. The van der Waals surface area contributed by atoms with E-state index in [9.17, 15) is 0 Å². The van der Waals surface area contributed by atoms with Gasteiger partial charge in [-0.2, -0.15) is 0 Å². The second-order valence-electron chi connectivity index (χ2n) is 5.41. The van der Waals surface area contributed by atoms with Gasteiger partial charge in [-0.05, 0) is 31.8 Å². The van der Waals surface area contributed by atoms with Crippen molar-refractivity contribution >= 4 is 0 Å². The van der Waals surface area contributed by atoms with E-state index in [1.807, 2.05) is 0 Å². The van der Waals surface area contributed by atoms with Gasteiger partial charge >= 0.3 is 0 Å². The van der Waals surface area contributed by atoms with Gasteiger partial charge in [0.15, 0.2) is 0 Å². The lowest BCUT2D eigenvalue weighted by Crippen LogP contribution is -2.37.